The Morgan fingerprint density at radius 3 is 2.50 bits per heavy atom. The van der Waals surface area contributed by atoms with Gasteiger partial charge in [0, 0.05) is 42.9 Å². The third-order valence-electron chi connectivity index (χ3n) is 4.19. The molecule has 1 atom stereocenters. The molecule has 0 radical (unpaired) electrons. The monoisotopic (exact) mass is 365 g/mol. The fourth-order valence-electron chi connectivity index (χ4n) is 2.87. The van der Waals surface area contributed by atoms with Crippen LogP contribution in [-0.4, -0.2) is 29.3 Å². The van der Waals surface area contributed by atoms with E-state index in [0.29, 0.717) is 27.2 Å². The number of fused-ring (bicyclic) bond motifs is 1. The van der Waals surface area contributed by atoms with Gasteiger partial charge in [0.15, 0.2) is 21.0 Å². The Balaban J connectivity index is 1.87. The third kappa shape index (κ3) is 2.69. The smallest absolute Gasteiger partial charge is 0.200 e. The summed E-state index contributed by atoms with van der Waals surface area (Å²) in [6.07, 6.45) is 1.70. The predicted octanol–water partition coefficient (Wildman–Crippen LogP) is 1.90. The molecule has 1 unspecified atom stereocenters. The highest BCUT2D eigenvalue weighted by molar-refractivity contribution is 7.91. The van der Waals surface area contributed by atoms with Crippen LogP contribution in [0.4, 0.5) is 0 Å². The average molecular weight is 365 g/mol. The van der Waals surface area contributed by atoms with E-state index in [4.69, 9.17) is 0 Å². The largest absolute Gasteiger partial charge is 0.606 e. The molecule has 0 aliphatic carbocycles. The highest BCUT2D eigenvalue weighted by Gasteiger charge is 2.18. The van der Waals surface area contributed by atoms with Crippen LogP contribution in [0.2, 0.25) is 0 Å². The average Bonchev–Trinajstić information content (AvgIpc) is 3.10. The molecule has 26 heavy (non-hydrogen) atoms. The zero-order valence-corrected chi connectivity index (χ0v) is 15.0. The highest BCUT2D eigenvalue weighted by atomic mass is 32.2. The third-order valence-corrected chi connectivity index (χ3v) is 5.58. The molecule has 4 rings (SSSR count). The number of benzene rings is 2. The minimum atomic E-state index is -1.31. The number of aromatic nitrogens is 5. The van der Waals surface area contributed by atoms with Crippen LogP contribution in [0.25, 0.3) is 22.3 Å². The second-order valence-electron chi connectivity index (χ2n) is 5.87. The van der Waals surface area contributed by atoms with Crippen molar-refractivity contribution in [3.8, 4) is 11.4 Å². The van der Waals surface area contributed by atoms with Crippen molar-refractivity contribution in [3.63, 3.8) is 0 Å². The van der Waals surface area contributed by atoms with Crippen LogP contribution in [-0.2, 0) is 25.3 Å². The van der Waals surface area contributed by atoms with Crippen LogP contribution in [0.1, 0.15) is 0 Å². The van der Waals surface area contributed by atoms with Crippen molar-refractivity contribution in [1.82, 2.24) is 24.8 Å². The van der Waals surface area contributed by atoms with Crippen molar-refractivity contribution < 1.29 is 4.55 Å². The van der Waals surface area contributed by atoms with Gasteiger partial charge in [0.05, 0.1) is 11.1 Å². The fraction of sp³-hybridized carbons (Fsp3) is 0.111. The Morgan fingerprint density at radius 1 is 1.04 bits per heavy atom. The van der Waals surface area contributed by atoms with E-state index >= 15 is 0 Å². The molecule has 0 aliphatic rings. The van der Waals surface area contributed by atoms with Crippen LogP contribution in [0.5, 0.6) is 0 Å². The van der Waals surface area contributed by atoms with Gasteiger partial charge in [-0.2, -0.15) is 0 Å². The lowest BCUT2D eigenvalue weighted by Crippen LogP contribution is -2.13. The lowest BCUT2D eigenvalue weighted by Gasteiger charge is -2.12. The van der Waals surface area contributed by atoms with E-state index in [9.17, 15) is 9.35 Å². The Kier molecular flexibility index (Phi) is 4.06. The van der Waals surface area contributed by atoms with Crippen LogP contribution in [0.3, 0.4) is 0 Å². The summed E-state index contributed by atoms with van der Waals surface area (Å²) >= 11 is -1.31. The first-order valence-electron chi connectivity index (χ1n) is 7.89. The molecule has 2 aromatic carbocycles. The number of tetrazole rings is 1. The number of nitrogens with zero attached hydrogens (tertiary/aromatic N) is 5. The quantitative estimate of drug-likeness (QED) is 0.517. The van der Waals surface area contributed by atoms with Crippen LogP contribution >= 0.6 is 0 Å². The Hall–Kier alpha value is -2.97. The number of aryl methyl sites for hydroxylation is 2. The maximum atomic E-state index is 12.9. The molecule has 0 spiro atoms. The molecule has 7 nitrogen and oxygen atoms in total. The van der Waals surface area contributed by atoms with Gasteiger partial charge in [0.1, 0.15) is 0 Å². The van der Waals surface area contributed by atoms with Gasteiger partial charge in [-0.05, 0) is 34.7 Å². The summed E-state index contributed by atoms with van der Waals surface area (Å²) in [6.45, 7) is 0. The molecule has 130 valence electrons. The van der Waals surface area contributed by atoms with E-state index in [1.165, 1.54) is 4.68 Å². The number of hydrogen-bond donors (Lipinski definition) is 0. The van der Waals surface area contributed by atoms with Gasteiger partial charge >= 0.3 is 0 Å². The van der Waals surface area contributed by atoms with E-state index < -0.39 is 11.2 Å². The summed E-state index contributed by atoms with van der Waals surface area (Å²) in [5, 5.41) is 11.8. The molecular formula is C18H15N5O2S. The van der Waals surface area contributed by atoms with E-state index in [1.54, 1.807) is 31.4 Å². The summed E-state index contributed by atoms with van der Waals surface area (Å²) in [7, 11) is 3.52. The Bertz CT molecular complexity index is 1150. The molecule has 0 fully saturated rings. The molecule has 2 heterocycles. The molecule has 4 aromatic rings. The first-order chi connectivity index (χ1) is 12.6. The number of pyridine rings is 1. The molecule has 8 heteroatoms. The minimum absolute atomic E-state index is 0.159. The number of rotatable bonds is 3. The van der Waals surface area contributed by atoms with Crippen molar-refractivity contribution in [2.45, 2.75) is 9.79 Å². The summed E-state index contributed by atoms with van der Waals surface area (Å²) < 4.78 is 16.1. The Labute approximate surface area is 152 Å². The lowest BCUT2D eigenvalue weighted by molar-refractivity contribution is 0.595. The molecule has 0 bridgehead atoms. The minimum Gasteiger partial charge on any atom is -0.606 e. The maximum Gasteiger partial charge on any atom is 0.200 e. The van der Waals surface area contributed by atoms with E-state index in [1.807, 2.05) is 41.9 Å². The molecule has 0 aliphatic heterocycles. The second kappa shape index (κ2) is 6.40. The highest BCUT2D eigenvalue weighted by Crippen LogP contribution is 2.24. The van der Waals surface area contributed by atoms with Crippen LogP contribution in [0.15, 0.2) is 69.3 Å². The maximum absolute atomic E-state index is 12.9. The van der Waals surface area contributed by atoms with Crippen LogP contribution in [0, 0.1) is 0 Å². The Morgan fingerprint density at radius 2 is 1.81 bits per heavy atom. The van der Waals surface area contributed by atoms with Gasteiger partial charge in [-0.15, -0.1) is 5.10 Å². The van der Waals surface area contributed by atoms with E-state index in [2.05, 4.69) is 15.5 Å². The summed E-state index contributed by atoms with van der Waals surface area (Å²) in [5.74, 6) is 0.407. The van der Waals surface area contributed by atoms with Gasteiger partial charge in [0.2, 0.25) is 0 Å². The SMILES string of the molecule is Cn1nnnc1-c1cn(C)c2cc([S+]([O-])c3ccccc3)ccc2c1=O. The first-order valence-corrected chi connectivity index (χ1v) is 9.04. The van der Waals surface area contributed by atoms with Gasteiger partial charge in [-0.1, -0.05) is 18.2 Å². The first kappa shape index (κ1) is 16.5. The van der Waals surface area contributed by atoms with Crippen LogP contribution < -0.4 is 5.43 Å². The van der Waals surface area contributed by atoms with Gasteiger partial charge < -0.3 is 9.12 Å². The second-order valence-corrected chi connectivity index (χ2v) is 7.35. The van der Waals surface area contributed by atoms with Crippen molar-refractivity contribution in [3.05, 3.63) is 65.0 Å². The fourth-order valence-corrected chi connectivity index (χ4v) is 3.96. The normalized spacial score (nSPS) is 12.4. The van der Waals surface area contributed by atoms with Crippen molar-refractivity contribution in [2.24, 2.45) is 14.1 Å². The number of hydrogen-bond acceptors (Lipinski definition) is 5. The van der Waals surface area contributed by atoms with Crippen molar-refractivity contribution in [1.29, 1.82) is 0 Å². The standard InChI is InChI=1S/C18H15N5O2S/c1-22-11-15(18-19-20-21-23(18)2)17(24)14-9-8-13(10-16(14)22)26(25)12-6-4-3-5-7-12/h3-11H,1-2H3. The summed E-state index contributed by atoms with van der Waals surface area (Å²) in [4.78, 5) is 14.3. The zero-order valence-electron chi connectivity index (χ0n) is 14.2. The molecule has 0 saturated heterocycles. The molecule has 0 N–H and O–H groups in total. The predicted molar refractivity (Wildman–Crippen MR) is 98.1 cm³/mol. The lowest BCUT2D eigenvalue weighted by atomic mass is 10.1. The van der Waals surface area contributed by atoms with E-state index in [-0.39, 0.29) is 5.43 Å². The molecule has 0 saturated carbocycles. The van der Waals surface area contributed by atoms with Crippen molar-refractivity contribution >= 4 is 22.1 Å². The summed E-state index contributed by atoms with van der Waals surface area (Å²) in [5.41, 5.74) is 0.966. The summed E-state index contributed by atoms with van der Waals surface area (Å²) in [6, 6.07) is 14.5. The molecule has 0 amide bonds. The van der Waals surface area contributed by atoms with Gasteiger partial charge in [-0.25, -0.2) is 4.68 Å². The van der Waals surface area contributed by atoms with Crippen molar-refractivity contribution in [2.75, 3.05) is 0 Å². The van der Waals surface area contributed by atoms with E-state index in [0.717, 1.165) is 4.90 Å². The molecular weight excluding hydrogens is 350 g/mol. The topological polar surface area (TPSA) is 88.7 Å². The molecule has 2 aromatic heterocycles. The zero-order chi connectivity index (χ0) is 18.3. The van der Waals surface area contributed by atoms with Gasteiger partial charge in [-0.3, -0.25) is 4.79 Å². The van der Waals surface area contributed by atoms with Gasteiger partial charge in [0.25, 0.3) is 0 Å².